The molecule has 0 aliphatic carbocycles. The number of nitrogen functional groups attached to an aromatic ring is 2. The molecule has 0 fully saturated rings. The van der Waals surface area contributed by atoms with Gasteiger partial charge in [-0.2, -0.15) is 0 Å². The van der Waals surface area contributed by atoms with Crippen LogP contribution in [0.3, 0.4) is 0 Å². The Hall–Kier alpha value is -1.66. The molecule has 3 nitrogen and oxygen atoms in total. The third-order valence-electron chi connectivity index (χ3n) is 1.86. The summed E-state index contributed by atoms with van der Waals surface area (Å²) in [6, 6.07) is 5.50. The molecule has 14 heavy (non-hydrogen) atoms. The van der Waals surface area contributed by atoms with Gasteiger partial charge in [0, 0.05) is 18.5 Å². The Balaban J connectivity index is 2.74. The lowest BCUT2D eigenvalue weighted by Gasteiger charge is -2.00. The van der Waals surface area contributed by atoms with Crippen molar-refractivity contribution in [3.8, 4) is 11.8 Å². The zero-order valence-corrected chi connectivity index (χ0v) is 8.30. The highest BCUT2D eigenvalue weighted by Crippen LogP contribution is 2.17. The highest BCUT2D eigenvalue weighted by atomic mass is 14.8. The molecule has 0 aromatic heterocycles. The molecule has 0 saturated carbocycles. The van der Waals surface area contributed by atoms with E-state index in [9.17, 15) is 0 Å². The van der Waals surface area contributed by atoms with Gasteiger partial charge in [-0.05, 0) is 19.2 Å². The van der Waals surface area contributed by atoms with Gasteiger partial charge in [-0.1, -0.05) is 17.9 Å². The zero-order chi connectivity index (χ0) is 10.4. The number of benzene rings is 1. The molecular formula is C11H15N3. The molecule has 0 bridgehead atoms. The maximum Gasteiger partial charge on any atom is 0.0706 e. The van der Waals surface area contributed by atoms with E-state index >= 15 is 0 Å². The minimum atomic E-state index is 0.574. The van der Waals surface area contributed by atoms with E-state index in [0.29, 0.717) is 11.4 Å². The Morgan fingerprint density at radius 2 is 2.14 bits per heavy atom. The summed E-state index contributed by atoms with van der Waals surface area (Å²) in [6.45, 7) is 0.884. The first-order chi connectivity index (χ1) is 6.75. The van der Waals surface area contributed by atoms with E-state index in [1.54, 1.807) is 6.07 Å². The fourth-order valence-corrected chi connectivity index (χ4v) is 1.04. The van der Waals surface area contributed by atoms with Crippen LogP contribution in [-0.4, -0.2) is 13.6 Å². The molecule has 5 N–H and O–H groups in total. The van der Waals surface area contributed by atoms with Crippen molar-refractivity contribution in [3.05, 3.63) is 23.8 Å². The van der Waals surface area contributed by atoms with Gasteiger partial charge in [0.25, 0.3) is 0 Å². The first-order valence-electron chi connectivity index (χ1n) is 4.53. The van der Waals surface area contributed by atoms with Crippen molar-refractivity contribution in [2.75, 3.05) is 25.1 Å². The summed E-state index contributed by atoms with van der Waals surface area (Å²) in [5, 5.41) is 3.02. The molecule has 0 unspecified atom stereocenters. The van der Waals surface area contributed by atoms with Crippen LogP contribution in [0.5, 0.6) is 0 Å². The molecule has 3 heteroatoms. The summed E-state index contributed by atoms with van der Waals surface area (Å²) in [4.78, 5) is 0. The Bertz CT molecular complexity index is 361. The summed E-state index contributed by atoms with van der Waals surface area (Å²) < 4.78 is 0. The van der Waals surface area contributed by atoms with Crippen molar-refractivity contribution in [2.24, 2.45) is 0 Å². The molecule has 0 radical (unpaired) electrons. The van der Waals surface area contributed by atoms with Gasteiger partial charge in [-0.15, -0.1) is 0 Å². The summed E-state index contributed by atoms with van der Waals surface area (Å²) >= 11 is 0. The van der Waals surface area contributed by atoms with Crippen molar-refractivity contribution in [1.82, 2.24) is 5.32 Å². The summed E-state index contributed by atoms with van der Waals surface area (Å²) in [5.41, 5.74) is 13.4. The van der Waals surface area contributed by atoms with Gasteiger partial charge in [0.1, 0.15) is 0 Å². The number of nitrogens with two attached hydrogens (primary N) is 2. The minimum absolute atomic E-state index is 0.574. The average Bonchev–Trinajstić information content (AvgIpc) is 2.19. The van der Waals surface area contributed by atoms with Gasteiger partial charge in [0.2, 0.25) is 0 Å². The molecule has 1 rings (SSSR count). The first-order valence-corrected chi connectivity index (χ1v) is 4.53. The average molecular weight is 189 g/mol. The SMILES string of the molecule is CNCCC#Cc1cccc(N)c1N. The predicted molar refractivity (Wildman–Crippen MR) is 60.7 cm³/mol. The van der Waals surface area contributed by atoms with Crippen LogP contribution in [-0.2, 0) is 0 Å². The maximum atomic E-state index is 5.75. The second-order valence-electron chi connectivity index (χ2n) is 2.96. The van der Waals surface area contributed by atoms with Crippen molar-refractivity contribution < 1.29 is 0 Å². The van der Waals surface area contributed by atoms with Crippen molar-refractivity contribution in [3.63, 3.8) is 0 Å². The van der Waals surface area contributed by atoms with Gasteiger partial charge in [-0.25, -0.2) is 0 Å². The molecule has 0 atom stereocenters. The quantitative estimate of drug-likeness (QED) is 0.366. The first kappa shape index (κ1) is 10.4. The van der Waals surface area contributed by atoms with Gasteiger partial charge in [-0.3, -0.25) is 0 Å². The van der Waals surface area contributed by atoms with Crippen LogP contribution in [0.4, 0.5) is 11.4 Å². The maximum absolute atomic E-state index is 5.75. The van der Waals surface area contributed by atoms with E-state index in [2.05, 4.69) is 17.2 Å². The van der Waals surface area contributed by atoms with Crippen molar-refractivity contribution in [1.29, 1.82) is 0 Å². The van der Waals surface area contributed by atoms with Crippen LogP contribution in [0.25, 0.3) is 0 Å². The third-order valence-corrected chi connectivity index (χ3v) is 1.86. The third kappa shape index (κ3) is 2.68. The summed E-state index contributed by atoms with van der Waals surface area (Å²) in [7, 11) is 1.90. The number of hydrogen-bond donors (Lipinski definition) is 3. The number of para-hydroxylation sites is 1. The molecule has 0 aliphatic rings. The lowest BCUT2D eigenvalue weighted by Crippen LogP contribution is -2.06. The normalized spacial score (nSPS) is 9.21. The Morgan fingerprint density at radius 3 is 2.86 bits per heavy atom. The second kappa shape index (κ2) is 5.15. The topological polar surface area (TPSA) is 64.1 Å². The Kier molecular flexibility index (Phi) is 3.84. The second-order valence-corrected chi connectivity index (χ2v) is 2.96. The van der Waals surface area contributed by atoms with Crippen LogP contribution >= 0.6 is 0 Å². The van der Waals surface area contributed by atoms with Crippen molar-refractivity contribution >= 4 is 11.4 Å². The van der Waals surface area contributed by atoms with E-state index in [-0.39, 0.29) is 0 Å². The highest BCUT2D eigenvalue weighted by molar-refractivity contribution is 5.71. The fraction of sp³-hybridized carbons (Fsp3) is 0.273. The molecule has 1 aromatic carbocycles. The Morgan fingerprint density at radius 1 is 1.36 bits per heavy atom. The minimum Gasteiger partial charge on any atom is -0.397 e. The van der Waals surface area contributed by atoms with E-state index < -0.39 is 0 Å². The molecule has 1 aromatic rings. The largest absolute Gasteiger partial charge is 0.397 e. The lowest BCUT2D eigenvalue weighted by molar-refractivity contribution is 0.818. The fourth-order valence-electron chi connectivity index (χ4n) is 1.04. The lowest BCUT2D eigenvalue weighted by atomic mass is 10.1. The monoisotopic (exact) mass is 189 g/mol. The Labute approximate surface area is 84.5 Å². The van der Waals surface area contributed by atoms with Gasteiger partial charge < -0.3 is 16.8 Å². The number of nitrogens with one attached hydrogen (secondary N) is 1. The summed E-state index contributed by atoms with van der Waals surface area (Å²) in [6.07, 6.45) is 0.810. The van der Waals surface area contributed by atoms with Crippen LogP contribution in [0.2, 0.25) is 0 Å². The molecule has 0 amide bonds. The van der Waals surface area contributed by atoms with Gasteiger partial charge in [0.15, 0.2) is 0 Å². The van der Waals surface area contributed by atoms with E-state index in [4.69, 9.17) is 11.5 Å². The van der Waals surface area contributed by atoms with Crippen LogP contribution < -0.4 is 16.8 Å². The van der Waals surface area contributed by atoms with Crippen LogP contribution in [0, 0.1) is 11.8 Å². The van der Waals surface area contributed by atoms with Crippen molar-refractivity contribution in [2.45, 2.75) is 6.42 Å². The summed E-state index contributed by atoms with van der Waals surface area (Å²) in [5.74, 6) is 6.02. The number of anilines is 2. The standard InChI is InChI=1S/C11H15N3/c1-14-8-3-2-5-9-6-4-7-10(12)11(9)13/h4,6-7,14H,3,8,12-13H2,1H3. The smallest absolute Gasteiger partial charge is 0.0706 e. The van der Waals surface area contributed by atoms with E-state index in [0.717, 1.165) is 18.5 Å². The molecule has 74 valence electrons. The van der Waals surface area contributed by atoms with Crippen LogP contribution in [0.15, 0.2) is 18.2 Å². The zero-order valence-electron chi connectivity index (χ0n) is 8.30. The highest BCUT2D eigenvalue weighted by Gasteiger charge is 1.97. The predicted octanol–water partition coefficient (Wildman–Crippen LogP) is 0.812. The molecular weight excluding hydrogens is 174 g/mol. The molecule has 0 saturated heterocycles. The van der Waals surface area contributed by atoms with Gasteiger partial charge >= 0.3 is 0 Å². The number of rotatable bonds is 2. The van der Waals surface area contributed by atoms with E-state index in [1.807, 2.05) is 19.2 Å². The van der Waals surface area contributed by atoms with Gasteiger partial charge in [0.05, 0.1) is 11.4 Å². The number of hydrogen-bond acceptors (Lipinski definition) is 3. The van der Waals surface area contributed by atoms with E-state index in [1.165, 1.54) is 0 Å². The van der Waals surface area contributed by atoms with Crippen LogP contribution in [0.1, 0.15) is 12.0 Å². The molecule has 0 spiro atoms. The molecule has 0 heterocycles. The molecule has 0 aliphatic heterocycles.